The van der Waals surface area contributed by atoms with Crippen molar-refractivity contribution >= 4 is 28.5 Å². The largest absolute Gasteiger partial charge is 0.506 e. The fourth-order valence-corrected chi connectivity index (χ4v) is 1.43. The summed E-state index contributed by atoms with van der Waals surface area (Å²) in [6, 6.07) is 5.11. The standard InChI is InChI=1S/C9H10INO2/c1-11(2)9(13)6-4-3-5-7(10)8(6)12/h3-5,12H,1-2H3. The van der Waals surface area contributed by atoms with E-state index < -0.39 is 0 Å². The van der Waals surface area contributed by atoms with Gasteiger partial charge in [0.25, 0.3) is 5.91 Å². The van der Waals surface area contributed by atoms with E-state index in [1.165, 1.54) is 4.90 Å². The Labute approximate surface area is 90.5 Å². The number of halogens is 1. The molecule has 0 aliphatic rings. The number of amides is 1. The minimum Gasteiger partial charge on any atom is -0.506 e. The molecule has 0 atom stereocenters. The third kappa shape index (κ3) is 2.12. The molecule has 0 radical (unpaired) electrons. The molecule has 3 nitrogen and oxygen atoms in total. The third-order valence-corrected chi connectivity index (χ3v) is 2.49. The number of carbonyl (C=O) groups excluding carboxylic acids is 1. The fraction of sp³-hybridized carbons (Fsp3) is 0.222. The second kappa shape index (κ2) is 3.95. The fourth-order valence-electron chi connectivity index (χ4n) is 0.929. The molecular weight excluding hydrogens is 281 g/mol. The van der Waals surface area contributed by atoms with Crippen LogP contribution in [0.5, 0.6) is 5.75 Å². The Bertz CT molecular complexity index is 336. The molecule has 1 aromatic carbocycles. The van der Waals surface area contributed by atoms with Gasteiger partial charge in [0.1, 0.15) is 5.75 Å². The van der Waals surface area contributed by atoms with Crippen molar-refractivity contribution in [1.82, 2.24) is 4.90 Å². The topological polar surface area (TPSA) is 40.5 Å². The van der Waals surface area contributed by atoms with Gasteiger partial charge < -0.3 is 10.0 Å². The van der Waals surface area contributed by atoms with Crippen LogP contribution in [-0.4, -0.2) is 30.0 Å². The van der Waals surface area contributed by atoms with Crippen molar-refractivity contribution in [2.45, 2.75) is 0 Å². The molecule has 1 aromatic rings. The Kier molecular flexibility index (Phi) is 3.13. The average Bonchev–Trinajstić information content (AvgIpc) is 2.08. The molecule has 0 fully saturated rings. The number of nitrogens with zero attached hydrogens (tertiary/aromatic N) is 1. The van der Waals surface area contributed by atoms with E-state index >= 15 is 0 Å². The van der Waals surface area contributed by atoms with Crippen molar-refractivity contribution < 1.29 is 9.90 Å². The summed E-state index contributed by atoms with van der Waals surface area (Å²) in [5.41, 5.74) is 0.344. The summed E-state index contributed by atoms with van der Waals surface area (Å²) in [6.07, 6.45) is 0. The smallest absolute Gasteiger partial charge is 0.257 e. The molecule has 0 aliphatic carbocycles. The highest BCUT2D eigenvalue weighted by Crippen LogP contribution is 2.24. The summed E-state index contributed by atoms with van der Waals surface area (Å²) in [5.74, 6) is -0.127. The van der Waals surface area contributed by atoms with Crippen LogP contribution >= 0.6 is 22.6 Å². The monoisotopic (exact) mass is 291 g/mol. The molecule has 0 heterocycles. The summed E-state index contributed by atoms with van der Waals surface area (Å²) >= 11 is 1.99. The first kappa shape index (κ1) is 10.3. The highest BCUT2D eigenvalue weighted by molar-refractivity contribution is 14.1. The van der Waals surface area contributed by atoms with Crippen molar-refractivity contribution in [1.29, 1.82) is 0 Å². The van der Waals surface area contributed by atoms with Crippen LogP contribution in [0.2, 0.25) is 0 Å². The van der Waals surface area contributed by atoms with Gasteiger partial charge in [-0.15, -0.1) is 0 Å². The quantitative estimate of drug-likeness (QED) is 0.800. The zero-order valence-corrected chi connectivity index (χ0v) is 9.57. The van der Waals surface area contributed by atoms with Gasteiger partial charge in [0.05, 0.1) is 9.13 Å². The Balaban J connectivity index is 3.15. The molecule has 1 amide bonds. The lowest BCUT2D eigenvalue weighted by Gasteiger charge is -2.11. The van der Waals surface area contributed by atoms with Crippen LogP contribution in [0.3, 0.4) is 0 Å². The van der Waals surface area contributed by atoms with Gasteiger partial charge in [0, 0.05) is 14.1 Å². The minimum atomic E-state index is -0.184. The zero-order valence-electron chi connectivity index (χ0n) is 7.41. The number of rotatable bonds is 1. The van der Waals surface area contributed by atoms with Crippen molar-refractivity contribution in [2.75, 3.05) is 14.1 Å². The molecule has 0 spiro atoms. The van der Waals surface area contributed by atoms with Crippen LogP contribution in [0, 0.1) is 3.57 Å². The Morgan fingerprint density at radius 3 is 2.62 bits per heavy atom. The van der Waals surface area contributed by atoms with E-state index in [9.17, 15) is 9.90 Å². The van der Waals surface area contributed by atoms with Gasteiger partial charge in [0.2, 0.25) is 0 Å². The maximum atomic E-state index is 11.5. The first-order valence-electron chi connectivity index (χ1n) is 3.73. The third-order valence-electron chi connectivity index (χ3n) is 1.62. The van der Waals surface area contributed by atoms with Crippen LogP contribution in [0.25, 0.3) is 0 Å². The summed E-state index contributed by atoms with van der Waals surface area (Å²) < 4.78 is 0.685. The predicted octanol–water partition coefficient (Wildman–Crippen LogP) is 1.70. The zero-order chi connectivity index (χ0) is 10.0. The SMILES string of the molecule is CN(C)C(=O)c1cccc(I)c1O. The number of para-hydroxylation sites is 1. The summed E-state index contributed by atoms with van der Waals surface area (Å²) in [6.45, 7) is 0. The number of phenols is 1. The Hall–Kier alpha value is -0.780. The molecule has 0 aliphatic heterocycles. The number of phenolic OH excluding ortho intramolecular Hbond substituents is 1. The maximum Gasteiger partial charge on any atom is 0.257 e. The molecule has 0 saturated heterocycles. The van der Waals surface area contributed by atoms with E-state index in [0.717, 1.165) is 0 Å². The van der Waals surface area contributed by atoms with Gasteiger partial charge in [-0.05, 0) is 34.7 Å². The Morgan fingerprint density at radius 1 is 1.46 bits per heavy atom. The van der Waals surface area contributed by atoms with Gasteiger partial charge in [0.15, 0.2) is 0 Å². The highest BCUT2D eigenvalue weighted by Gasteiger charge is 2.13. The van der Waals surface area contributed by atoms with Gasteiger partial charge in [-0.2, -0.15) is 0 Å². The van der Waals surface area contributed by atoms with Crippen molar-refractivity contribution in [3.05, 3.63) is 27.3 Å². The molecule has 0 aromatic heterocycles. The molecule has 13 heavy (non-hydrogen) atoms. The van der Waals surface area contributed by atoms with Crippen molar-refractivity contribution in [3.8, 4) is 5.75 Å². The average molecular weight is 291 g/mol. The van der Waals surface area contributed by atoms with E-state index in [0.29, 0.717) is 9.13 Å². The van der Waals surface area contributed by atoms with E-state index in [1.54, 1.807) is 32.3 Å². The molecule has 0 saturated carbocycles. The predicted molar refractivity (Wildman–Crippen MR) is 58.8 cm³/mol. The van der Waals surface area contributed by atoms with Crippen LogP contribution in [-0.2, 0) is 0 Å². The molecule has 70 valence electrons. The van der Waals surface area contributed by atoms with Gasteiger partial charge in [-0.1, -0.05) is 6.07 Å². The summed E-state index contributed by atoms with van der Waals surface area (Å²) in [5, 5.41) is 9.56. The number of benzene rings is 1. The first-order chi connectivity index (χ1) is 6.04. The first-order valence-corrected chi connectivity index (χ1v) is 4.81. The van der Waals surface area contributed by atoms with E-state index in [4.69, 9.17) is 0 Å². The molecular formula is C9H10INO2. The number of aromatic hydroxyl groups is 1. The molecule has 0 bridgehead atoms. The Morgan fingerprint density at radius 2 is 2.08 bits per heavy atom. The summed E-state index contributed by atoms with van der Waals surface area (Å²) in [4.78, 5) is 12.9. The second-order valence-corrected chi connectivity index (χ2v) is 4.00. The van der Waals surface area contributed by atoms with E-state index in [2.05, 4.69) is 0 Å². The second-order valence-electron chi connectivity index (χ2n) is 2.84. The molecule has 1 N–H and O–H groups in total. The summed E-state index contributed by atoms with van der Waals surface area (Å²) in [7, 11) is 3.31. The number of hydrogen-bond acceptors (Lipinski definition) is 2. The van der Waals surface area contributed by atoms with Gasteiger partial charge in [-0.25, -0.2) is 0 Å². The lowest BCUT2D eigenvalue weighted by atomic mass is 10.2. The van der Waals surface area contributed by atoms with Crippen LogP contribution in [0.1, 0.15) is 10.4 Å². The van der Waals surface area contributed by atoms with Crippen molar-refractivity contribution in [3.63, 3.8) is 0 Å². The lowest BCUT2D eigenvalue weighted by molar-refractivity contribution is 0.0824. The lowest BCUT2D eigenvalue weighted by Crippen LogP contribution is -2.21. The normalized spacial score (nSPS) is 9.77. The highest BCUT2D eigenvalue weighted by atomic mass is 127. The van der Waals surface area contributed by atoms with E-state index in [-0.39, 0.29) is 11.7 Å². The van der Waals surface area contributed by atoms with Crippen molar-refractivity contribution in [2.24, 2.45) is 0 Å². The number of hydrogen-bond donors (Lipinski definition) is 1. The van der Waals surface area contributed by atoms with Crippen LogP contribution in [0.4, 0.5) is 0 Å². The number of carbonyl (C=O) groups is 1. The van der Waals surface area contributed by atoms with Crippen LogP contribution < -0.4 is 0 Å². The van der Waals surface area contributed by atoms with Gasteiger partial charge >= 0.3 is 0 Å². The molecule has 1 rings (SSSR count). The molecule has 0 unspecified atom stereocenters. The maximum absolute atomic E-state index is 11.5. The minimum absolute atomic E-state index is 0.0572. The van der Waals surface area contributed by atoms with Gasteiger partial charge in [-0.3, -0.25) is 4.79 Å². The van der Waals surface area contributed by atoms with Crippen LogP contribution in [0.15, 0.2) is 18.2 Å². The molecule has 4 heteroatoms. The van der Waals surface area contributed by atoms with E-state index in [1.807, 2.05) is 22.6 Å².